The van der Waals surface area contributed by atoms with Crippen molar-refractivity contribution in [3.05, 3.63) is 16.1 Å². The predicted octanol–water partition coefficient (Wildman–Crippen LogP) is 1.95. The van der Waals surface area contributed by atoms with Crippen LogP contribution in [0, 0.1) is 0 Å². The number of amides is 1. The van der Waals surface area contributed by atoms with E-state index < -0.39 is 0 Å². The summed E-state index contributed by atoms with van der Waals surface area (Å²) in [6.45, 7) is 5.79. The largest absolute Gasteiger partial charge is 0.380 e. The molecule has 0 aliphatic carbocycles. The number of imidazole rings is 1. The number of hydrogen-bond acceptors (Lipinski definition) is 4. The van der Waals surface area contributed by atoms with Gasteiger partial charge >= 0.3 is 0 Å². The molecule has 108 valence electrons. The van der Waals surface area contributed by atoms with Crippen LogP contribution in [0.15, 0.2) is 0 Å². The fourth-order valence-corrected chi connectivity index (χ4v) is 1.69. The van der Waals surface area contributed by atoms with Crippen LogP contribution in [0.3, 0.4) is 0 Å². The van der Waals surface area contributed by atoms with Gasteiger partial charge in [0.05, 0.1) is 6.61 Å². The van der Waals surface area contributed by atoms with Crippen molar-refractivity contribution in [3.8, 4) is 0 Å². The van der Waals surface area contributed by atoms with Crippen LogP contribution in [-0.2, 0) is 16.2 Å². The quantitative estimate of drug-likeness (QED) is 0.745. The number of ether oxygens (including phenoxy) is 2. The molecule has 0 aliphatic rings. The zero-order chi connectivity index (χ0) is 14.3. The first kappa shape index (κ1) is 16.2. The maximum Gasteiger partial charge on any atom is 0.287 e. The molecule has 1 N–H and O–H groups in total. The minimum absolute atomic E-state index is 0.0799. The molecule has 0 saturated heterocycles. The van der Waals surface area contributed by atoms with E-state index in [9.17, 15) is 4.79 Å². The smallest absolute Gasteiger partial charge is 0.287 e. The van der Waals surface area contributed by atoms with Crippen LogP contribution in [0.1, 0.15) is 24.5 Å². The van der Waals surface area contributed by atoms with E-state index in [4.69, 9.17) is 32.7 Å². The van der Waals surface area contributed by atoms with E-state index >= 15 is 0 Å². The number of nitrogens with one attached hydrogen (secondary N) is 1. The number of carbonyl (C=O) groups excluding carboxylic acids is 1. The molecule has 0 aliphatic heterocycles. The first-order valence-corrected chi connectivity index (χ1v) is 6.72. The van der Waals surface area contributed by atoms with Crippen molar-refractivity contribution >= 4 is 29.1 Å². The van der Waals surface area contributed by atoms with E-state index in [1.165, 1.54) is 4.57 Å². The third-order valence-electron chi connectivity index (χ3n) is 2.23. The van der Waals surface area contributed by atoms with Gasteiger partial charge in [-0.2, -0.15) is 0 Å². The Bertz CT molecular complexity index is 424. The number of rotatable bonds is 8. The topological polar surface area (TPSA) is 65.4 Å². The molecule has 0 spiro atoms. The van der Waals surface area contributed by atoms with Crippen molar-refractivity contribution in [1.29, 1.82) is 0 Å². The lowest BCUT2D eigenvalue weighted by atomic mass is 10.5. The van der Waals surface area contributed by atoms with E-state index in [-0.39, 0.29) is 28.8 Å². The zero-order valence-electron chi connectivity index (χ0n) is 10.9. The SMILES string of the molecule is CCOCCNC(=O)c1nc(Cl)c(Cl)n1COCC. The molecular weight excluding hydrogens is 293 g/mol. The first-order valence-electron chi connectivity index (χ1n) is 5.97. The molecular formula is C11H17Cl2N3O3. The van der Waals surface area contributed by atoms with Crippen LogP contribution in [-0.4, -0.2) is 41.8 Å². The standard InChI is InChI=1S/C11H17Cl2N3O3/c1-3-18-6-5-14-11(17)10-15-8(12)9(13)16(10)7-19-4-2/h3-7H2,1-2H3,(H,14,17). The van der Waals surface area contributed by atoms with Crippen LogP contribution in [0.25, 0.3) is 0 Å². The summed E-state index contributed by atoms with van der Waals surface area (Å²) >= 11 is 11.8. The van der Waals surface area contributed by atoms with Crippen LogP contribution >= 0.6 is 23.2 Å². The van der Waals surface area contributed by atoms with Gasteiger partial charge in [-0.05, 0) is 13.8 Å². The lowest BCUT2D eigenvalue weighted by molar-refractivity contribution is 0.0778. The zero-order valence-corrected chi connectivity index (χ0v) is 12.4. The second kappa shape index (κ2) is 8.37. The fraction of sp³-hybridized carbons (Fsp3) is 0.636. The van der Waals surface area contributed by atoms with Crippen LogP contribution in [0.4, 0.5) is 0 Å². The highest BCUT2D eigenvalue weighted by Crippen LogP contribution is 2.22. The summed E-state index contributed by atoms with van der Waals surface area (Å²) in [6.07, 6.45) is 0. The summed E-state index contributed by atoms with van der Waals surface area (Å²) in [5.41, 5.74) is 0. The molecule has 0 fully saturated rings. The van der Waals surface area contributed by atoms with Gasteiger partial charge in [0, 0.05) is 19.8 Å². The molecule has 1 heterocycles. The van der Waals surface area contributed by atoms with Gasteiger partial charge in [0.25, 0.3) is 5.91 Å². The maximum absolute atomic E-state index is 11.9. The van der Waals surface area contributed by atoms with E-state index in [0.717, 1.165) is 0 Å². The van der Waals surface area contributed by atoms with Crippen molar-refractivity contribution < 1.29 is 14.3 Å². The fourth-order valence-electron chi connectivity index (χ4n) is 1.34. The Labute approximate surface area is 122 Å². The number of nitrogens with zero attached hydrogens (tertiary/aromatic N) is 2. The Balaban J connectivity index is 2.69. The molecule has 1 aromatic heterocycles. The molecule has 19 heavy (non-hydrogen) atoms. The van der Waals surface area contributed by atoms with Crippen LogP contribution in [0.2, 0.25) is 10.3 Å². The van der Waals surface area contributed by atoms with E-state index in [1.54, 1.807) is 0 Å². The van der Waals surface area contributed by atoms with Crippen molar-refractivity contribution in [2.45, 2.75) is 20.6 Å². The second-order valence-electron chi connectivity index (χ2n) is 3.52. The molecule has 0 radical (unpaired) electrons. The molecule has 6 nitrogen and oxygen atoms in total. The van der Waals surface area contributed by atoms with Crippen molar-refractivity contribution in [1.82, 2.24) is 14.9 Å². The monoisotopic (exact) mass is 309 g/mol. The average molecular weight is 310 g/mol. The van der Waals surface area contributed by atoms with Gasteiger partial charge in [-0.25, -0.2) is 4.98 Å². The van der Waals surface area contributed by atoms with Crippen molar-refractivity contribution in [2.24, 2.45) is 0 Å². The lowest BCUT2D eigenvalue weighted by Crippen LogP contribution is -2.30. The first-order chi connectivity index (χ1) is 9.11. The summed E-state index contributed by atoms with van der Waals surface area (Å²) in [6, 6.07) is 0. The van der Waals surface area contributed by atoms with Gasteiger partial charge in [-0.1, -0.05) is 23.2 Å². The van der Waals surface area contributed by atoms with Gasteiger partial charge in [0.2, 0.25) is 5.82 Å². The second-order valence-corrected chi connectivity index (χ2v) is 4.24. The predicted molar refractivity (Wildman–Crippen MR) is 72.7 cm³/mol. The number of hydrogen-bond donors (Lipinski definition) is 1. The minimum atomic E-state index is -0.367. The Morgan fingerprint density at radius 3 is 2.63 bits per heavy atom. The number of halogens is 2. The number of aromatic nitrogens is 2. The molecule has 0 atom stereocenters. The molecule has 0 unspecified atom stereocenters. The molecule has 1 aromatic rings. The molecule has 8 heteroatoms. The molecule has 1 rings (SSSR count). The van der Waals surface area contributed by atoms with E-state index in [2.05, 4.69) is 10.3 Å². The lowest BCUT2D eigenvalue weighted by Gasteiger charge is -2.09. The van der Waals surface area contributed by atoms with Crippen molar-refractivity contribution in [2.75, 3.05) is 26.4 Å². The summed E-state index contributed by atoms with van der Waals surface area (Å²) in [4.78, 5) is 15.9. The molecule has 0 aromatic carbocycles. The van der Waals surface area contributed by atoms with Crippen LogP contribution < -0.4 is 5.32 Å². The van der Waals surface area contributed by atoms with E-state index in [1.807, 2.05) is 13.8 Å². The van der Waals surface area contributed by atoms with Gasteiger partial charge in [-0.3, -0.25) is 9.36 Å². The Morgan fingerprint density at radius 2 is 2.00 bits per heavy atom. The Hall–Kier alpha value is -0.820. The highest BCUT2D eigenvalue weighted by Gasteiger charge is 2.19. The van der Waals surface area contributed by atoms with Crippen LogP contribution in [0.5, 0.6) is 0 Å². The summed E-state index contributed by atoms with van der Waals surface area (Å²) in [7, 11) is 0. The Kier molecular flexibility index (Phi) is 7.15. The normalized spacial score (nSPS) is 10.7. The number of carbonyl (C=O) groups is 1. The Morgan fingerprint density at radius 1 is 1.32 bits per heavy atom. The molecule has 1 amide bonds. The van der Waals surface area contributed by atoms with Gasteiger partial charge < -0.3 is 14.8 Å². The molecule has 0 bridgehead atoms. The van der Waals surface area contributed by atoms with E-state index in [0.29, 0.717) is 26.4 Å². The highest BCUT2D eigenvalue weighted by molar-refractivity contribution is 6.40. The van der Waals surface area contributed by atoms with Gasteiger partial charge in [0.1, 0.15) is 11.9 Å². The van der Waals surface area contributed by atoms with Crippen molar-refractivity contribution in [3.63, 3.8) is 0 Å². The summed E-state index contributed by atoms with van der Waals surface area (Å²) < 4.78 is 11.8. The third-order valence-corrected chi connectivity index (χ3v) is 2.97. The highest BCUT2D eigenvalue weighted by atomic mass is 35.5. The maximum atomic E-state index is 11.9. The molecule has 0 saturated carbocycles. The third kappa shape index (κ3) is 4.65. The summed E-state index contributed by atoms with van der Waals surface area (Å²) in [5, 5.41) is 2.94. The summed E-state index contributed by atoms with van der Waals surface area (Å²) in [5.74, 6) is -0.242. The van der Waals surface area contributed by atoms with Gasteiger partial charge in [0.15, 0.2) is 5.15 Å². The van der Waals surface area contributed by atoms with Gasteiger partial charge in [-0.15, -0.1) is 0 Å². The minimum Gasteiger partial charge on any atom is -0.380 e. The average Bonchev–Trinajstić information content (AvgIpc) is 2.68.